The number of pyridine rings is 1. The first-order valence-corrected chi connectivity index (χ1v) is 5.96. The van der Waals surface area contributed by atoms with E-state index < -0.39 is 0 Å². The van der Waals surface area contributed by atoms with Crippen LogP contribution in [0, 0.1) is 0 Å². The smallest absolute Gasteiger partial charge is 0.140 e. The molecular weight excluding hydrogens is 271 g/mol. The fraction of sp³-hybridized carbons (Fsp3) is 0. The summed E-state index contributed by atoms with van der Waals surface area (Å²) in [6, 6.07) is 7.06. The number of hydrogen-bond acceptors (Lipinski definition) is 3. The number of fused-ring (bicyclic) bond motifs is 1. The Morgan fingerprint density at radius 2 is 2.00 bits per heavy atom. The van der Waals surface area contributed by atoms with Crippen LogP contribution in [0.4, 0.5) is 5.69 Å². The second-order valence-electron chi connectivity index (χ2n) is 3.82. The Kier molecular flexibility index (Phi) is 2.61. The molecule has 0 fully saturated rings. The molecule has 0 saturated heterocycles. The van der Waals surface area contributed by atoms with Crippen LogP contribution in [0.25, 0.3) is 16.6 Å². The van der Waals surface area contributed by atoms with Gasteiger partial charge in [-0.05, 0) is 24.3 Å². The second-order valence-corrected chi connectivity index (χ2v) is 4.58. The van der Waals surface area contributed by atoms with Crippen LogP contribution >= 0.6 is 23.2 Å². The van der Waals surface area contributed by atoms with Gasteiger partial charge in [0, 0.05) is 18.1 Å². The number of benzene rings is 1. The van der Waals surface area contributed by atoms with Gasteiger partial charge in [0.25, 0.3) is 0 Å². The molecular formula is C12H8Cl2N4. The average Bonchev–Trinajstić information content (AvgIpc) is 2.74. The summed E-state index contributed by atoms with van der Waals surface area (Å²) >= 11 is 12.1. The van der Waals surface area contributed by atoms with Gasteiger partial charge in [0.15, 0.2) is 0 Å². The van der Waals surface area contributed by atoms with Crippen LogP contribution in [0.1, 0.15) is 0 Å². The van der Waals surface area contributed by atoms with Crippen LogP contribution < -0.4 is 5.73 Å². The van der Waals surface area contributed by atoms with Crippen LogP contribution in [0.3, 0.4) is 0 Å². The molecule has 0 amide bonds. The fourth-order valence-corrected chi connectivity index (χ4v) is 2.22. The van der Waals surface area contributed by atoms with Crippen molar-refractivity contribution >= 4 is 39.8 Å². The number of aromatic nitrogens is 3. The first kappa shape index (κ1) is 11.3. The van der Waals surface area contributed by atoms with Crippen LogP contribution in [0.5, 0.6) is 0 Å². The highest BCUT2D eigenvalue weighted by molar-refractivity contribution is 6.34. The van der Waals surface area contributed by atoms with Crippen molar-refractivity contribution in [3.05, 3.63) is 46.8 Å². The van der Waals surface area contributed by atoms with Crippen LogP contribution in [-0.4, -0.2) is 14.8 Å². The topological polar surface area (TPSA) is 56.7 Å². The van der Waals surface area contributed by atoms with E-state index in [4.69, 9.17) is 28.9 Å². The molecule has 0 unspecified atom stereocenters. The number of hydrogen-bond donors (Lipinski definition) is 1. The Bertz CT molecular complexity index is 736. The third kappa shape index (κ3) is 1.79. The zero-order valence-corrected chi connectivity index (χ0v) is 10.7. The minimum atomic E-state index is 0.422. The highest BCUT2D eigenvalue weighted by atomic mass is 35.5. The Labute approximate surface area is 113 Å². The van der Waals surface area contributed by atoms with Gasteiger partial charge in [-0.2, -0.15) is 5.10 Å². The Morgan fingerprint density at radius 3 is 2.72 bits per heavy atom. The molecule has 1 aromatic carbocycles. The van der Waals surface area contributed by atoms with Crippen molar-refractivity contribution in [2.24, 2.45) is 0 Å². The minimum Gasteiger partial charge on any atom is -0.399 e. The summed E-state index contributed by atoms with van der Waals surface area (Å²) in [7, 11) is 0. The summed E-state index contributed by atoms with van der Waals surface area (Å²) in [4.78, 5) is 4.01. The molecule has 3 rings (SSSR count). The maximum atomic E-state index is 6.14. The lowest BCUT2D eigenvalue weighted by atomic mass is 10.3. The third-order valence-corrected chi connectivity index (χ3v) is 3.21. The van der Waals surface area contributed by atoms with Gasteiger partial charge >= 0.3 is 0 Å². The molecule has 4 nitrogen and oxygen atoms in total. The van der Waals surface area contributed by atoms with Gasteiger partial charge in [-0.15, -0.1) is 0 Å². The van der Waals surface area contributed by atoms with E-state index in [0.29, 0.717) is 15.9 Å². The average molecular weight is 279 g/mol. The van der Waals surface area contributed by atoms with Crippen LogP contribution in [0.2, 0.25) is 10.2 Å². The van der Waals surface area contributed by atoms with Gasteiger partial charge < -0.3 is 5.73 Å². The van der Waals surface area contributed by atoms with Gasteiger partial charge in [0.2, 0.25) is 0 Å². The predicted octanol–water partition coefficient (Wildman–Crippen LogP) is 3.31. The molecule has 3 aromatic rings. The highest BCUT2D eigenvalue weighted by Gasteiger charge is 2.09. The lowest BCUT2D eigenvalue weighted by Crippen LogP contribution is -1.96. The molecule has 2 aromatic heterocycles. The SMILES string of the molecule is Nc1ccc(-n2cc3c(Cl)nccc3n2)c(Cl)c1. The number of halogens is 2. The van der Waals surface area contributed by atoms with E-state index >= 15 is 0 Å². The lowest BCUT2D eigenvalue weighted by Gasteiger charge is -2.04. The molecule has 0 radical (unpaired) electrons. The van der Waals surface area contributed by atoms with Crippen LogP contribution in [0.15, 0.2) is 36.7 Å². The molecule has 0 bridgehead atoms. The summed E-state index contributed by atoms with van der Waals surface area (Å²) < 4.78 is 1.67. The largest absolute Gasteiger partial charge is 0.399 e. The molecule has 0 atom stereocenters. The summed E-state index contributed by atoms with van der Waals surface area (Å²) in [5.41, 5.74) is 7.79. The quantitative estimate of drug-likeness (QED) is 0.549. The van der Waals surface area contributed by atoms with Crippen molar-refractivity contribution in [1.29, 1.82) is 0 Å². The minimum absolute atomic E-state index is 0.422. The number of nitrogen functional groups attached to an aromatic ring is 1. The normalized spacial score (nSPS) is 11.0. The lowest BCUT2D eigenvalue weighted by molar-refractivity contribution is 0.897. The summed E-state index contributed by atoms with van der Waals surface area (Å²) in [5.74, 6) is 0. The number of rotatable bonds is 1. The Balaban J connectivity index is 2.23. The van der Waals surface area contributed by atoms with E-state index in [9.17, 15) is 0 Å². The van der Waals surface area contributed by atoms with E-state index in [-0.39, 0.29) is 0 Å². The van der Waals surface area contributed by atoms with Crippen molar-refractivity contribution in [3.63, 3.8) is 0 Å². The molecule has 2 heterocycles. The first-order valence-electron chi connectivity index (χ1n) is 5.20. The van der Waals surface area contributed by atoms with Crippen LogP contribution in [-0.2, 0) is 0 Å². The van der Waals surface area contributed by atoms with E-state index in [0.717, 1.165) is 16.6 Å². The van der Waals surface area contributed by atoms with Crippen molar-refractivity contribution in [3.8, 4) is 5.69 Å². The van der Waals surface area contributed by atoms with Crippen molar-refractivity contribution in [2.75, 3.05) is 5.73 Å². The zero-order chi connectivity index (χ0) is 12.7. The van der Waals surface area contributed by atoms with E-state index in [1.807, 2.05) is 6.07 Å². The van der Waals surface area contributed by atoms with Gasteiger partial charge in [-0.3, -0.25) is 0 Å². The molecule has 90 valence electrons. The molecule has 0 aliphatic heterocycles. The molecule has 0 aliphatic carbocycles. The fourth-order valence-electron chi connectivity index (χ4n) is 1.74. The molecule has 2 N–H and O–H groups in total. The monoisotopic (exact) mass is 278 g/mol. The molecule has 6 heteroatoms. The molecule has 0 saturated carbocycles. The summed E-state index contributed by atoms with van der Waals surface area (Å²) in [6.45, 7) is 0. The van der Waals surface area contributed by atoms with Gasteiger partial charge in [-0.25, -0.2) is 9.67 Å². The first-order chi connectivity index (χ1) is 8.65. The van der Waals surface area contributed by atoms with E-state index in [1.165, 1.54) is 0 Å². The third-order valence-electron chi connectivity index (χ3n) is 2.60. The molecule has 18 heavy (non-hydrogen) atoms. The summed E-state index contributed by atoms with van der Waals surface area (Å²) in [6.07, 6.45) is 3.41. The van der Waals surface area contributed by atoms with Crippen molar-refractivity contribution in [2.45, 2.75) is 0 Å². The Morgan fingerprint density at radius 1 is 1.17 bits per heavy atom. The second kappa shape index (κ2) is 4.15. The Hall–Kier alpha value is -1.78. The number of nitrogens with zero attached hydrogens (tertiary/aromatic N) is 3. The van der Waals surface area contributed by atoms with Crippen molar-refractivity contribution in [1.82, 2.24) is 14.8 Å². The molecule has 0 spiro atoms. The van der Waals surface area contributed by atoms with Gasteiger partial charge in [0.1, 0.15) is 5.15 Å². The summed E-state index contributed by atoms with van der Waals surface area (Å²) in [5, 5.41) is 6.14. The number of anilines is 1. The maximum Gasteiger partial charge on any atom is 0.140 e. The van der Waals surface area contributed by atoms with Gasteiger partial charge in [-0.1, -0.05) is 23.2 Å². The highest BCUT2D eigenvalue weighted by Crippen LogP contribution is 2.26. The van der Waals surface area contributed by atoms with Crippen molar-refractivity contribution < 1.29 is 0 Å². The number of nitrogens with two attached hydrogens (primary N) is 1. The maximum absolute atomic E-state index is 6.14. The standard InChI is InChI=1S/C12H8Cl2N4/c13-9-5-7(15)1-2-11(9)18-6-8-10(17-18)3-4-16-12(8)14/h1-6H,15H2. The van der Waals surface area contributed by atoms with E-state index in [2.05, 4.69) is 10.1 Å². The predicted molar refractivity (Wildman–Crippen MR) is 73.3 cm³/mol. The zero-order valence-electron chi connectivity index (χ0n) is 9.14. The molecule has 0 aliphatic rings. The van der Waals surface area contributed by atoms with Gasteiger partial charge in [0.05, 0.1) is 21.6 Å². The van der Waals surface area contributed by atoms with E-state index in [1.54, 1.807) is 35.3 Å².